The van der Waals surface area contributed by atoms with E-state index >= 15 is 0 Å². The van der Waals surface area contributed by atoms with Crippen molar-refractivity contribution in [3.8, 4) is 0 Å². The Kier molecular flexibility index (Phi) is 8.02. The largest absolute Gasteiger partial charge is 0.399 e. The number of benzene rings is 3. The van der Waals surface area contributed by atoms with E-state index in [1.807, 2.05) is 31.2 Å². The zero-order valence-corrected chi connectivity index (χ0v) is 14.6. The van der Waals surface area contributed by atoms with Crippen LogP contribution in [0.2, 0.25) is 0 Å². The quantitative estimate of drug-likeness (QED) is 0.501. The van der Waals surface area contributed by atoms with Crippen LogP contribution in [0.5, 0.6) is 0 Å². The van der Waals surface area contributed by atoms with Gasteiger partial charge < -0.3 is 17.2 Å². The Hall–Kier alpha value is -3.15. The van der Waals surface area contributed by atoms with Crippen LogP contribution in [-0.2, 0) is 0 Å². The predicted octanol–water partition coefficient (Wildman–Crippen LogP) is 4.84. The number of nitrogen functional groups attached to an aromatic ring is 3. The second-order valence-corrected chi connectivity index (χ2v) is 5.60. The third kappa shape index (κ3) is 7.61. The smallest absolute Gasteiger partial charge is 0.160 e. The van der Waals surface area contributed by atoms with Crippen LogP contribution in [-0.4, -0.2) is 0 Å². The van der Waals surface area contributed by atoms with Gasteiger partial charge in [0, 0.05) is 17.1 Å². The van der Waals surface area contributed by atoms with Gasteiger partial charge in [-0.05, 0) is 73.5 Å². The highest BCUT2D eigenvalue weighted by molar-refractivity contribution is 5.41. The first-order valence-corrected chi connectivity index (χ1v) is 7.73. The summed E-state index contributed by atoms with van der Waals surface area (Å²) in [5.41, 5.74) is 19.4. The first kappa shape index (κ1) is 20.9. The van der Waals surface area contributed by atoms with E-state index in [0.717, 1.165) is 17.8 Å². The minimum atomic E-state index is -0.907. The highest BCUT2D eigenvalue weighted by Crippen LogP contribution is 2.09. The molecule has 138 valence electrons. The maximum Gasteiger partial charge on any atom is 0.160 e. The summed E-state index contributed by atoms with van der Waals surface area (Å²) in [4.78, 5) is 0. The Morgan fingerprint density at radius 1 is 0.577 bits per heavy atom. The lowest BCUT2D eigenvalue weighted by Crippen LogP contribution is -1.88. The summed E-state index contributed by atoms with van der Waals surface area (Å²) in [5.74, 6) is -1.98. The Bertz CT molecular complexity index is 785. The average Bonchev–Trinajstić information content (AvgIpc) is 2.56. The Labute approximate surface area is 151 Å². The van der Waals surface area contributed by atoms with Crippen molar-refractivity contribution in [1.82, 2.24) is 0 Å². The Morgan fingerprint density at radius 2 is 1.12 bits per heavy atom. The highest BCUT2D eigenvalue weighted by atomic mass is 19.2. The molecular weight excluding hydrogens is 339 g/mol. The summed E-state index contributed by atoms with van der Waals surface area (Å²) >= 11 is 0. The van der Waals surface area contributed by atoms with Gasteiger partial charge in [-0.25, -0.2) is 13.2 Å². The molecule has 6 heteroatoms. The fourth-order valence-corrected chi connectivity index (χ4v) is 1.85. The Balaban J connectivity index is 0.000000195. The predicted molar refractivity (Wildman–Crippen MR) is 102 cm³/mol. The van der Waals surface area contributed by atoms with Crippen LogP contribution >= 0.6 is 0 Å². The van der Waals surface area contributed by atoms with E-state index in [4.69, 9.17) is 17.2 Å². The summed E-state index contributed by atoms with van der Waals surface area (Å²) < 4.78 is 36.6. The topological polar surface area (TPSA) is 78.1 Å². The monoisotopic (exact) mass is 361 g/mol. The molecule has 6 N–H and O–H groups in total. The molecule has 0 aromatic heterocycles. The second kappa shape index (κ2) is 9.98. The van der Waals surface area contributed by atoms with Crippen LogP contribution in [0, 0.1) is 31.3 Å². The molecule has 0 atom stereocenters. The third-order valence-electron chi connectivity index (χ3n) is 3.17. The molecule has 3 aromatic carbocycles. The van der Waals surface area contributed by atoms with Gasteiger partial charge in [-0.15, -0.1) is 0 Å². The molecule has 0 saturated carbocycles. The molecule has 0 saturated heterocycles. The highest BCUT2D eigenvalue weighted by Gasteiger charge is 1.98. The average molecular weight is 361 g/mol. The molecule has 0 aliphatic rings. The molecule has 0 amide bonds. The number of hydrogen-bond donors (Lipinski definition) is 3. The first-order valence-electron chi connectivity index (χ1n) is 7.73. The van der Waals surface area contributed by atoms with Crippen molar-refractivity contribution >= 4 is 17.1 Å². The van der Waals surface area contributed by atoms with E-state index in [2.05, 4.69) is 0 Å². The number of rotatable bonds is 0. The van der Waals surface area contributed by atoms with Gasteiger partial charge in [0.25, 0.3) is 0 Å². The van der Waals surface area contributed by atoms with Crippen molar-refractivity contribution in [2.24, 2.45) is 0 Å². The van der Waals surface area contributed by atoms with Crippen LogP contribution in [0.15, 0.2) is 60.7 Å². The zero-order valence-electron chi connectivity index (χ0n) is 14.6. The molecule has 0 aliphatic heterocycles. The van der Waals surface area contributed by atoms with E-state index in [9.17, 15) is 13.2 Å². The normalized spacial score (nSPS) is 9.42. The molecule has 3 aromatic rings. The van der Waals surface area contributed by atoms with E-state index in [1.54, 1.807) is 19.1 Å². The van der Waals surface area contributed by atoms with Gasteiger partial charge in [0.1, 0.15) is 5.82 Å². The standard InChI is InChI=1S/C7H8FN.C7H9N.C6H5F2N/c1-5-4-6(9)2-3-7(5)8;1-6-3-2-4-7(8)5-6;7-5-2-1-4(9)3-6(5)8/h2-4H,9H2,1H3;2-5H,8H2,1H3;1-3H,9H2. The van der Waals surface area contributed by atoms with Crippen molar-refractivity contribution in [2.45, 2.75) is 13.8 Å². The summed E-state index contributed by atoms with van der Waals surface area (Å²) in [6, 6.07) is 15.6. The number of hydrogen-bond acceptors (Lipinski definition) is 3. The minimum absolute atomic E-state index is 0.204. The molecular formula is C20H22F3N3. The number of nitrogens with two attached hydrogens (primary N) is 3. The van der Waals surface area contributed by atoms with Crippen molar-refractivity contribution in [1.29, 1.82) is 0 Å². The lowest BCUT2D eigenvalue weighted by atomic mass is 10.2. The SMILES string of the molecule is Cc1cc(N)ccc1F.Cc1cccc(N)c1.Nc1ccc(F)c(F)c1. The van der Waals surface area contributed by atoms with Crippen LogP contribution < -0.4 is 17.2 Å². The maximum atomic E-state index is 12.4. The Morgan fingerprint density at radius 3 is 1.50 bits per heavy atom. The number of aryl methyl sites for hydroxylation is 2. The molecule has 3 nitrogen and oxygen atoms in total. The summed E-state index contributed by atoms with van der Waals surface area (Å²) in [6.45, 7) is 3.71. The van der Waals surface area contributed by atoms with Crippen molar-refractivity contribution in [2.75, 3.05) is 17.2 Å². The van der Waals surface area contributed by atoms with Crippen molar-refractivity contribution in [3.05, 3.63) is 89.2 Å². The number of halogens is 3. The van der Waals surface area contributed by atoms with E-state index in [1.165, 1.54) is 17.7 Å². The lowest BCUT2D eigenvalue weighted by Gasteiger charge is -1.95. The van der Waals surface area contributed by atoms with Gasteiger partial charge in [0.2, 0.25) is 0 Å². The van der Waals surface area contributed by atoms with Crippen molar-refractivity contribution in [3.63, 3.8) is 0 Å². The number of anilines is 3. The zero-order chi connectivity index (χ0) is 19.7. The van der Waals surface area contributed by atoms with Crippen LogP contribution in [0.4, 0.5) is 30.2 Å². The summed E-state index contributed by atoms with van der Waals surface area (Å²) in [5, 5.41) is 0. The second-order valence-electron chi connectivity index (χ2n) is 5.60. The molecule has 0 bridgehead atoms. The molecule has 3 rings (SSSR count). The van der Waals surface area contributed by atoms with Gasteiger partial charge in [0.15, 0.2) is 11.6 Å². The van der Waals surface area contributed by atoms with E-state index < -0.39 is 11.6 Å². The molecule has 0 spiro atoms. The molecule has 0 aliphatic carbocycles. The molecule has 0 fully saturated rings. The van der Waals surface area contributed by atoms with Crippen LogP contribution in [0.3, 0.4) is 0 Å². The third-order valence-corrected chi connectivity index (χ3v) is 3.17. The molecule has 0 unspecified atom stereocenters. The van der Waals surface area contributed by atoms with E-state index in [0.29, 0.717) is 11.3 Å². The van der Waals surface area contributed by atoms with Gasteiger partial charge in [0.05, 0.1) is 0 Å². The van der Waals surface area contributed by atoms with Crippen LogP contribution in [0.1, 0.15) is 11.1 Å². The lowest BCUT2D eigenvalue weighted by molar-refractivity contribution is 0.509. The van der Waals surface area contributed by atoms with E-state index in [-0.39, 0.29) is 11.5 Å². The van der Waals surface area contributed by atoms with Gasteiger partial charge in [-0.3, -0.25) is 0 Å². The molecule has 0 heterocycles. The molecule has 26 heavy (non-hydrogen) atoms. The minimum Gasteiger partial charge on any atom is -0.399 e. The summed E-state index contributed by atoms with van der Waals surface area (Å²) in [7, 11) is 0. The van der Waals surface area contributed by atoms with Crippen molar-refractivity contribution < 1.29 is 13.2 Å². The fourth-order valence-electron chi connectivity index (χ4n) is 1.85. The van der Waals surface area contributed by atoms with Gasteiger partial charge >= 0.3 is 0 Å². The van der Waals surface area contributed by atoms with Crippen LogP contribution in [0.25, 0.3) is 0 Å². The maximum absolute atomic E-state index is 12.4. The summed E-state index contributed by atoms with van der Waals surface area (Å²) in [6.07, 6.45) is 0. The molecule has 0 radical (unpaired) electrons. The van der Waals surface area contributed by atoms with Gasteiger partial charge in [-0.1, -0.05) is 12.1 Å². The van der Waals surface area contributed by atoms with Gasteiger partial charge in [-0.2, -0.15) is 0 Å². The first-order chi connectivity index (χ1) is 12.2. The fraction of sp³-hybridized carbons (Fsp3) is 0.100.